The largest absolute Gasteiger partial charge is 0.412 e. The van der Waals surface area contributed by atoms with Crippen LogP contribution in [-0.2, 0) is 22.6 Å². The van der Waals surface area contributed by atoms with E-state index < -0.39 is 0 Å². The summed E-state index contributed by atoms with van der Waals surface area (Å²) in [5.41, 5.74) is 9.41. The Bertz CT molecular complexity index is 2130. The summed E-state index contributed by atoms with van der Waals surface area (Å²) in [6, 6.07) is 31.8. The quantitative estimate of drug-likeness (QED) is 0.119. The van der Waals surface area contributed by atoms with Crippen LogP contribution in [0, 0.1) is 13.8 Å². The molecule has 0 unspecified atom stereocenters. The minimum atomic E-state index is 0. The normalized spacial score (nSPS) is 13.8. The molecule has 0 bridgehead atoms. The Balaban J connectivity index is 0.000000388. The molecule has 4 N–H and O–H groups in total. The fourth-order valence-corrected chi connectivity index (χ4v) is 8.01. The van der Waals surface area contributed by atoms with Gasteiger partial charge in [-0.25, -0.2) is 0 Å². The predicted molar refractivity (Wildman–Crippen MR) is 259 cm³/mol. The molecule has 2 aromatic heterocycles. The van der Waals surface area contributed by atoms with Gasteiger partial charge >= 0.3 is 0 Å². The lowest BCUT2D eigenvalue weighted by atomic mass is 10.0. The van der Waals surface area contributed by atoms with Crippen LogP contribution < -0.4 is 10.6 Å². The third kappa shape index (κ3) is 12.1. The molecule has 0 radical (unpaired) electrons. The number of ketones is 2. The molecule has 0 saturated carbocycles. The van der Waals surface area contributed by atoms with E-state index in [0.29, 0.717) is 0 Å². The number of rotatable bonds is 12. The number of fused-ring (bicyclic) bond motifs is 2. The summed E-state index contributed by atoms with van der Waals surface area (Å²) < 4.78 is 15.5. The van der Waals surface area contributed by atoms with Gasteiger partial charge in [-0.05, 0) is 74.5 Å². The SMILES string of the molecule is CNc1ccc(C(=O)c2c(C)n(CCN3CCOCC3)c3ccccc23)cc1.CNc1ccc(C(=O)c2c(C)n(CCN3CCOCC3)c3ccccc23)cc1.Cl.Cl.Cl.Cl.O. The predicted octanol–water partition coefficient (Wildman–Crippen LogP) is 7.97. The van der Waals surface area contributed by atoms with Crippen molar-refractivity contribution >= 4 is 94.4 Å². The highest BCUT2D eigenvalue weighted by molar-refractivity contribution is 6.18. The van der Waals surface area contributed by atoms with Gasteiger partial charge in [0.05, 0.1) is 37.6 Å². The monoisotopic (exact) mass is 916 g/mol. The van der Waals surface area contributed by atoms with Crippen molar-refractivity contribution < 1.29 is 24.5 Å². The first kappa shape index (κ1) is 53.0. The first-order valence-corrected chi connectivity index (χ1v) is 19.8. The Kier molecular flexibility index (Phi) is 21.8. The number of ether oxygens (including phenoxy) is 2. The molecule has 8 rings (SSSR count). The summed E-state index contributed by atoms with van der Waals surface area (Å²) in [5, 5.41) is 8.26. The lowest BCUT2D eigenvalue weighted by Crippen LogP contribution is -2.38. The molecule has 2 aliphatic rings. The van der Waals surface area contributed by atoms with Crippen molar-refractivity contribution in [3.63, 3.8) is 0 Å². The third-order valence-corrected chi connectivity index (χ3v) is 11.3. The van der Waals surface area contributed by atoms with Crippen LogP contribution >= 0.6 is 49.6 Å². The van der Waals surface area contributed by atoms with Gasteiger partial charge in [0, 0.05) is 122 Å². The van der Waals surface area contributed by atoms with E-state index in [1.165, 1.54) is 0 Å². The maximum atomic E-state index is 13.3. The number of hydrogen-bond acceptors (Lipinski definition) is 8. The molecule has 0 spiro atoms. The van der Waals surface area contributed by atoms with Crippen molar-refractivity contribution in [2.45, 2.75) is 26.9 Å². The highest BCUT2D eigenvalue weighted by Gasteiger charge is 2.23. The van der Waals surface area contributed by atoms with Gasteiger partial charge in [-0.1, -0.05) is 36.4 Å². The molecule has 11 nitrogen and oxygen atoms in total. The van der Waals surface area contributed by atoms with Crippen molar-refractivity contribution in [3.8, 4) is 0 Å². The van der Waals surface area contributed by atoms with E-state index in [-0.39, 0.29) is 66.7 Å². The number of anilines is 2. The summed E-state index contributed by atoms with van der Waals surface area (Å²) >= 11 is 0. The highest BCUT2D eigenvalue weighted by atomic mass is 35.5. The first-order chi connectivity index (χ1) is 27.4. The Morgan fingerprint density at radius 2 is 0.836 bits per heavy atom. The highest BCUT2D eigenvalue weighted by Crippen LogP contribution is 2.30. The van der Waals surface area contributed by atoms with Crippen LogP contribution in [0.4, 0.5) is 11.4 Å². The Hall–Kier alpha value is -4.14. The Labute approximate surface area is 384 Å². The molecule has 61 heavy (non-hydrogen) atoms. The van der Waals surface area contributed by atoms with Crippen molar-refractivity contribution in [2.75, 3.05) is 90.4 Å². The summed E-state index contributed by atoms with van der Waals surface area (Å²) in [5.74, 6) is 0.169. The van der Waals surface area contributed by atoms with E-state index in [4.69, 9.17) is 9.47 Å². The number of para-hydroxylation sites is 2. The number of aromatic nitrogens is 2. The fourth-order valence-electron chi connectivity index (χ4n) is 8.01. The van der Waals surface area contributed by atoms with Gasteiger partial charge in [-0.3, -0.25) is 19.4 Å². The number of hydrogen-bond donors (Lipinski definition) is 2. The van der Waals surface area contributed by atoms with Crippen LogP contribution in [0.15, 0.2) is 97.1 Å². The second-order valence-corrected chi connectivity index (χ2v) is 14.5. The van der Waals surface area contributed by atoms with Crippen molar-refractivity contribution in [1.82, 2.24) is 18.9 Å². The van der Waals surface area contributed by atoms with Crippen molar-refractivity contribution in [3.05, 3.63) is 131 Å². The fraction of sp³-hybridized carbons (Fsp3) is 0.348. The van der Waals surface area contributed by atoms with E-state index in [9.17, 15) is 9.59 Å². The minimum Gasteiger partial charge on any atom is -0.412 e. The van der Waals surface area contributed by atoms with Crippen LogP contribution in [0.3, 0.4) is 0 Å². The first-order valence-electron chi connectivity index (χ1n) is 19.8. The number of halogens is 4. The molecular formula is C46H60Cl4N6O5. The van der Waals surface area contributed by atoms with Gasteiger partial charge in [0.2, 0.25) is 0 Å². The molecule has 4 heterocycles. The average molecular weight is 919 g/mol. The zero-order chi connectivity index (χ0) is 39.0. The average Bonchev–Trinajstić information content (AvgIpc) is 3.71. The molecule has 332 valence electrons. The smallest absolute Gasteiger partial charge is 0.195 e. The molecule has 2 fully saturated rings. The van der Waals surface area contributed by atoms with Gasteiger partial charge in [-0.15, -0.1) is 49.6 Å². The molecule has 2 saturated heterocycles. The van der Waals surface area contributed by atoms with Gasteiger partial charge in [0.15, 0.2) is 11.6 Å². The number of carbonyl (C=O) groups is 2. The number of nitrogens with zero attached hydrogens (tertiary/aromatic N) is 4. The van der Waals surface area contributed by atoms with E-state index in [0.717, 1.165) is 146 Å². The lowest BCUT2D eigenvalue weighted by molar-refractivity contribution is 0.0364. The maximum Gasteiger partial charge on any atom is 0.195 e. The summed E-state index contributed by atoms with van der Waals surface area (Å²) in [4.78, 5) is 31.5. The topological polar surface area (TPSA) is 124 Å². The molecule has 15 heteroatoms. The summed E-state index contributed by atoms with van der Waals surface area (Å²) in [7, 11) is 3.76. The zero-order valence-electron chi connectivity index (χ0n) is 35.3. The number of benzene rings is 4. The van der Waals surface area contributed by atoms with Gasteiger partial charge < -0.3 is 34.7 Å². The second kappa shape index (κ2) is 25.1. The van der Waals surface area contributed by atoms with Crippen molar-refractivity contribution in [1.29, 1.82) is 0 Å². The Morgan fingerprint density at radius 1 is 0.508 bits per heavy atom. The molecule has 2 aliphatic heterocycles. The molecule has 0 aliphatic carbocycles. The van der Waals surface area contributed by atoms with E-state index in [1.54, 1.807) is 0 Å². The zero-order valence-corrected chi connectivity index (χ0v) is 38.5. The van der Waals surface area contributed by atoms with Gasteiger partial charge in [-0.2, -0.15) is 0 Å². The van der Waals surface area contributed by atoms with Gasteiger partial charge in [0.1, 0.15) is 0 Å². The minimum absolute atomic E-state index is 0. The summed E-state index contributed by atoms with van der Waals surface area (Å²) in [6.07, 6.45) is 0. The van der Waals surface area contributed by atoms with E-state index >= 15 is 0 Å². The summed E-state index contributed by atoms with van der Waals surface area (Å²) in [6.45, 7) is 14.9. The Morgan fingerprint density at radius 3 is 1.16 bits per heavy atom. The third-order valence-electron chi connectivity index (χ3n) is 11.3. The number of morpholine rings is 2. The maximum absolute atomic E-state index is 13.3. The van der Waals surface area contributed by atoms with Gasteiger partial charge in [0.25, 0.3) is 0 Å². The van der Waals surface area contributed by atoms with Crippen molar-refractivity contribution in [2.24, 2.45) is 0 Å². The van der Waals surface area contributed by atoms with E-state index in [2.05, 4.69) is 67.7 Å². The lowest BCUT2D eigenvalue weighted by Gasteiger charge is -2.27. The number of nitrogens with one attached hydrogen (secondary N) is 2. The second-order valence-electron chi connectivity index (χ2n) is 14.5. The van der Waals surface area contributed by atoms with Crippen LogP contribution in [-0.4, -0.2) is 116 Å². The molecule has 0 amide bonds. The van der Waals surface area contributed by atoms with Crippen LogP contribution in [0.2, 0.25) is 0 Å². The van der Waals surface area contributed by atoms with Crippen LogP contribution in [0.1, 0.15) is 43.2 Å². The molecule has 6 aromatic rings. The molecule has 0 atom stereocenters. The van der Waals surface area contributed by atoms with Crippen LogP contribution in [0.5, 0.6) is 0 Å². The van der Waals surface area contributed by atoms with Crippen LogP contribution in [0.25, 0.3) is 21.8 Å². The molecular weight excluding hydrogens is 858 g/mol. The standard InChI is InChI=1S/2C23H27N3O2.4ClH.H2O/c2*1-17-22(23(27)18-7-9-19(24-2)10-8-18)20-5-3-4-6-21(20)26(17)12-11-25-13-15-28-16-14-25;;;;;/h2*3-10,24H,11-16H2,1-2H3;4*1H;1H2. The molecule has 4 aromatic carbocycles. The van der Waals surface area contributed by atoms with E-state index in [1.807, 2.05) is 86.9 Å². The number of carbonyl (C=O) groups excluding carboxylic acids is 2.